The monoisotopic (exact) mass is 211 g/mol. The molecule has 0 atom stereocenters. The quantitative estimate of drug-likeness (QED) is 0.480. The van der Waals surface area contributed by atoms with Crippen LogP contribution in [0.5, 0.6) is 0 Å². The second-order valence-electron chi connectivity index (χ2n) is 2.87. The van der Waals surface area contributed by atoms with Gasteiger partial charge in [0.1, 0.15) is 5.83 Å². The molecule has 0 saturated carbocycles. The maximum atomic E-state index is 12.5. The molecule has 0 aliphatic rings. The van der Waals surface area contributed by atoms with Crippen LogP contribution in [0, 0.1) is 0 Å². The van der Waals surface area contributed by atoms with E-state index in [4.69, 9.17) is 0 Å². The Bertz CT molecular complexity index is 251. The molecule has 0 heterocycles. The van der Waals surface area contributed by atoms with Crippen LogP contribution in [0.25, 0.3) is 0 Å². The Balaban J connectivity index is 0. The zero-order chi connectivity index (χ0) is 12.4. The number of halogens is 1. The summed E-state index contributed by atoms with van der Waals surface area (Å²) >= 11 is 0. The summed E-state index contributed by atoms with van der Waals surface area (Å²) in [6, 6.07) is 0. The van der Waals surface area contributed by atoms with Crippen molar-refractivity contribution in [3.63, 3.8) is 0 Å². The van der Waals surface area contributed by atoms with Crippen molar-refractivity contribution < 1.29 is 4.39 Å². The molecule has 0 amide bonds. The number of nitrogens with zero attached hydrogens (tertiary/aromatic N) is 1. The van der Waals surface area contributed by atoms with Crippen LogP contribution in [0.1, 0.15) is 27.7 Å². The largest absolute Gasteiger partial charge is 0.346 e. The highest BCUT2D eigenvalue weighted by Gasteiger charge is 2.03. The molecule has 1 nitrogen and oxygen atoms in total. The van der Waals surface area contributed by atoms with E-state index < -0.39 is 5.83 Å². The minimum Gasteiger partial charge on any atom is -0.346 e. The third kappa shape index (κ3) is 7.74. The van der Waals surface area contributed by atoms with Gasteiger partial charge in [-0.05, 0) is 19.9 Å². The first-order valence-corrected chi connectivity index (χ1v) is 5.05. The lowest BCUT2D eigenvalue weighted by atomic mass is 10.3. The molecule has 0 rings (SSSR count). The van der Waals surface area contributed by atoms with E-state index in [9.17, 15) is 4.39 Å². The second kappa shape index (κ2) is 9.25. The average molecular weight is 211 g/mol. The van der Waals surface area contributed by atoms with E-state index in [2.05, 4.69) is 19.7 Å². The smallest absolute Gasteiger partial charge is 0.117 e. The van der Waals surface area contributed by atoms with Crippen LogP contribution < -0.4 is 0 Å². The van der Waals surface area contributed by atoms with Gasteiger partial charge < -0.3 is 4.90 Å². The van der Waals surface area contributed by atoms with E-state index in [1.54, 1.807) is 6.08 Å². The van der Waals surface area contributed by atoms with Crippen LogP contribution in [0.2, 0.25) is 0 Å². The Labute approximate surface area is 93.3 Å². The van der Waals surface area contributed by atoms with Crippen molar-refractivity contribution in [2.45, 2.75) is 27.7 Å². The first kappa shape index (κ1) is 16.1. The third-order valence-electron chi connectivity index (χ3n) is 1.56. The fourth-order valence-corrected chi connectivity index (χ4v) is 1.03. The zero-order valence-corrected chi connectivity index (χ0v) is 10.3. The van der Waals surface area contributed by atoms with Crippen LogP contribution in [0.4, 0.5) is 4.39 Å². The molecule has 0 spiro atoms. The Kier molecular flexibility index (Phi) is 9.95. The summed E-state index contributed by atoms with van der Waals surface area (Å²) in [5, 5.41) is 0. The summed E-state index contributed by atoms with van der Waals surface area (Å²) < 4.78 is 12.5. The predicted octanol–water partition coefficient (Wildman–Crippen LogP) is 4.42. The maximum Gasteiger partial charge on any atom is 0.117 e. The zero-order valence-electron chi connectivity index (χ0n) is 10.3. The van der Waals surface area contributed by atoms with E-state index >= 15 is 0 Å². The molecule has 0 fully saturated rings. The summed E-state index contributed by atoms with van der Waals surface area (Å²) in [7, 11) is 0. The van der Waals surface area contributed by atoms with Crippen molar-refractivity contribution in [2.24, 2.45) is 0 Å². The Morgan fingerprint density at radius 1 is 1.27 bits per heavy atom. The number of allylic oxidation sites excluding steroid dienone is 4. The van der Waals surface area contributed by atoms with Gasteiger partial charge in [0, 0.05) is 17.9 Å². The topological polar surface area (TPSA) is 3.24 Å². The average Bonchev–Trinajstić information content (AvgIpc) is 2.15. The Morgan fingerprint density at radius 2 is 1.73 bits per heavy atom. The van der Waals surface area contributed by atoms with Gasteiger partial charge in [-0.1, -0.05) is 33.1 Å². The number of hydrogen-bond acceptors (Lipinski definition) is 1. The number of rotatable bonds is 5. The summed E-state index contributed by atoms with van der Waals surface area (Å²) in [4.78, 5) is 1.86. The molecule has 0 aliphatic carbocycles. The molecule has 0 N–H and O–H groups in total. The molecule has 2 heteroatoms. The standard InChI is InChI=1S/C11H16FN.C2H6/c1-6-7-13(9(2)3)11(5)8-10(4)12;1-2/h6,8H,1-2,4,7H2,3,5H3;1-2H3/b11-8+;. The van der Waals surface area contributed by atoms with Crippen LogP contribution in [-0.2, 0) is 0 Å². The van der Waals surface area contributed by atoms with Crippen LogP contribution in [-0.4, -0.2) is 11.4 Å². The highest BCUT2D eigenvalue weighted by molar-refractivity contribution is 5.17. The summed E-state index contributed by atoms with van der Waals surface area (Å²) in [5.41, 5.74) is 1.63. The third-order valence-corrected chi connectivity index (χ3v) is 1.56. The van der Waals surface area contributed by atoms with Crippen LogP contribution >= 0.6 is 0 Å². The molecule has 15 heavy (non-hydrogen) atoms. The molecule has 86 valence electrons. The molecular weight excluding hydrogens is 189 g/mol. The van der Waals surface area contributed by atoms with Crippen molar-refractivity contribution in [3.8, 4) is 0 Å². The normalized spacial score (nSPS) is 9.80. The second-order valence-corrected chi connectivity index (χ2v) is 2.87. The number of hydrogen-bond donors (Lipinski definition) is 0. The van der Waals surface area contributed by atoms with Crippen molar-refractivity contribution in [1.29, 1.82) is 0 Å². The Hall–Kier alpha value is -1.31. The minimum absolute atomic E-state index is 0.451. The fourth-order valence-electron chi connectivity index (χ4n) is 1.03. The molecule has 0 saturated heterocycles. The van der Waals surface area contributed by atoms with Gasteiger partial charge in [-0.15, -0.1) is 6.58 Å². The summed E-state index contributed by atoms with van der Waals surface area (Å²) in [6.45, 7) is 18.9. The van der Waals surface area contributed by atoms with E-state index in [0.717, 1.165) is 11.4 Å². The first-order valence-electron chi connectivity index (χ1n) is 5.05. The molecule has 0 aromatic carbocycles. The van der Waals surface area contributed by atoms with Crippen molar-refractivity contribution in [2.75, 3.05) is 6.54 Å². The van der Waals surface area contributed by atoms with E-state index in [1.165, 1.54) is 6.08 Å². The van der Waals surface area contributed by atoms with Crippen molar-refractivity contribution in [1.82, 2.24) is 4.90 Å². The molecule has 0 radical (unpaired) electrons. The molecule has 0 bridgehead atoms. The molecule has 0 unspecified atom stereocenters. The SMILES string of the molecule is C=CCN(C(=C)C)/C(C)=C/C(=C)F.CC. The maximum absolute atomic E-state index is 12.5. The molecule has 0 aromatic rings. The van der Waals surface area contributed by atoms with Crippen LogP contribution in [0.3, 0.4) is 0 Å². The minimum atomic E-state index is -0.451. The van der Waals surface area contributed by atoms with E-state index in [-0.39, 0.29) is 0 Å². The lowest BCUT2D eigenvalue weighted by Gasteiger charge is -2.23. The predicted molar refractivity (Wildman–Crippen MR) is 67.1 cm³/mol. The fraction of sp³-hybridized carbons (Fsp3) is 0.385. The van der Waals surface area contributed by atoms with Crippen molar-refractivity contribution >= 4 is 0 Å². The molecule has 0 aromatic heterocycles. The van der Waals surface area contributed by atoms with Gasteiger partial charge in [-0.25, -0.2) is 4.39 Å². The van der Waals surface area contributed by atoms with Crippen LogP contribution in [0.15, 0.2) is 49.1 Å². The van der Waals surface area contributed by atoms with Gasteiger partial charge in [0.05, 0.1) is 0 Å². The molecular formula is C13H22FN. The highest BCUT2D eigenvalue weighted by Crippen LogP contribution is 2.12. The van der Waals surface area contributed by atoms with Gasteiger partial charge in [-0.2, -0.15) is 0 Å². The highest BCUT2D eigenvalue weighted by atomic mass is 19.1. The van der Waals surface area contributed by atoms with Crippen molar-refractivity contribution in [3.05, 3.63) is 49.1 Å². The van der Waals surface area contributed by atoms with Gasteiger partial charge in [0.25, 0.3) is 0 Å². The van der Waals surface area contributed by atoms with Gasteiger partial charge in [0.2, 0.25) is 0 Å². The lowest BCUT2D eigenvalue weighted by Crippen LogP contribution is -2.18. The van der Waals surface area contributed by atoms with Gasteiger partial charge in [0.15, 0.2) is 0 Å². The van der Waals surface area contributed by atoms with E-state index in [0.29, 0.717) is 6.54 Å². The van der Waals surface area contributed by atoms with E-state index in [1.807, 2.05) is 32.6 Å². The summed E-state index contributed by atoms with van der Waals surface area (Å²) in [5.74, 6) is -0.451. The lowest BCUT2D eigenvalue weighted by molar-refractivity contribution is 0.474. The molecule has 0 aliphatic heterocycles. The summed E-state index contributed by atoms with van der Waals surface area (Å²) in [6.07, 6.45) is 3.12. The Morgan fingerprint density at radius 3 is 2.00 bits per heavy atom. The van der Waals surface area contributed by atoms with Gasteiger partial charge >= 0.3 is 0 Å². The first-order chi connectivity index (χ1) is 6.99. The van der Waals surface area contributed by atoms with Gasteiger partial charge in [-0.3, -0.25) is 0 Å².